The first kappa shape index (κ1) is 34.4. The Hall–Kier alpha value is -2.63. The maximum Gasteiger partial charge on any atom is 0.322 e. The van der Waals surface area contributed by atoms with E-state index >= 15 is 0 Å². The van der Waals surface area contributed by atoms with E-state index in [0.717, 1.165) is 64.2 Å². The quantitative estimate of drug-likeness (QED) is 0.0781. The number of rotatable bonds is 24. The lowest BCUT2D eigenvalue weighted by molar-refractivity contribution is -0.145. The molecular weight excluding hydrogens is 466 g/mol. The second-order valence-corrected chi connectivity index (χ2v) is 9.26. The third kappa shape index (κ3) is 26.2. The molecular formula is C31H51NO5. The summed E-state index contributed by atoms with van der Waals surface area (Å²) >= 11 is 0. The number of hydrogen-bond acceptors (Lipinski definition) is 4. The van der Waals surface area contributed by atoms with Crippen LogP contribution in [0.1, 0.15) is 117 Å². The van der Waals surface area contributed by atoms with Crippen molar-refractivity contribution in [2.75, 3.05) is 6.54 Å². The van der Waals surface area contributed by atoms with Crippen molar-refractivity contribution in [2.45, 2.75) is 123 Å². The molecule has 210 valence electrons. The lowest BCUT2D eigenvalue weighted by Crippen LogP contribution is -2.28. The Kier molecular flexibility index (Phi) is 24.6. The van der Waals surface area contributed by atoms with Crippen LogP contribution in [-0.2, 0) is 19.1 Å². The van der Waals surface area contributed by atoms with Gasteiger partial charge in [0.15, 0.2) is 0 Å². The number of hydrogen-bond donors (Lipinski definition) is 2. The standard InChI is InChI=1S/C31H51NO5/c1-3-5-7-9-10-11-12-13-18-22-26-31(36)37-28(23-19-15-8-6-4-2)24-20-16-14-17-21-25-29(33)32-27-30(34)35/h6-9,19-20,23-24,28H,3-5,10-18,21-22,25-27H2,1-2H3,(H,32,33)(H,34,35)/b8-6-,9-7-,23-19-,24-20-. The van der Waals surface area contributed by atoms with Crippen LogP contribution in [0.15, 0.2) is 48.6 Å². The number of carbonyl (C=O) groups excluding carboxylic acids is 2. The van der Waals surface area contributed by atoms with Gasteiger partial charge in [-0.15, -0.1) is 0 Å². The summed E-state index contributed by atoms with van der Waals surface area (Å²) in [5.41, 5.74) is 0. The predicted octanol–water partition coefficient (Wildman–Crippen LogP) is 7.61. The topological polar surface area (TPSA) is 92.7 Å². The molecule has 0 bridgehead atoms. The van der Waals surface area contributed by atoms with Crippen LogP contribution in [0.5, 0.6) is 0 Å². The van der Waals surface area contributed by atoms with Crippen LogP contribution in [-0.4, -0.2) is 35.6 Å². The number of carboxylic acid groups (broad SMARTS) is 1. The molecule has 2 N–H and O–H groups in total. The fourth-order valence-corrected chi connectivity index (χ4v) is 3.59. The summed E-state index contributed by atoms with van der Waals surface area (Å²) in [6.07, 6.45) is 31.3. The number of carboxylic acids is 1. The van der Waals surface area contributed by atoms with Gasteiger partial charge in [-0.25, -0.2) is 0 Å². The molecule has 1 amide bonds. The lowest BCUT2D eigenvalue weighted by atomic mass is 10.1. The van der Waals surface area contributed by atoms with Gasteiger partial charge in [-0.2, -0.15) is 0 Å². The largest absolute Gasteiger partial charge is 0.480 e. The Bertz CT molecular complexity index is 708. The summed E-state index contributed by atoms with van der Waals surface area (Å²) in [6.45, 7) is 3.96. The average Bonchev–Trinajstić information content (AvgIpc) is 2.87. The summed E-state index contributed by atoms with van der Waals surface area (Å²) in [6, 6.07) is 0. The van der Waals surface area contributed by atoms with Crippen LogP contribution in [0.3, 0.4) is 0 Å². The molecule has 0 aliphatic carbocycles. The lowest BCUT2D eigenvalue weighted by Gasteiger charge is -2.11. The van der Waals surface area contributed by atoms with Crippen LogP contribution < -0.4 is 5.32 Å². The van der Waals surface area contributed by atoms with E-state index in [9.17, 15) is 14.4 Å². The zero-order valence-corrected chi connectivity index (χ0v) is 23.3. The van der Waals surface area contributed by atoms with Gasteiger partial charge in [0.25, 0.3) is 0 Å². The molecule has 37 heavy (non-hydrogen) atoms. The minimum absolute atomic E-state index is 0.154. The molecule has 1 unspecified atom stereocenters. The number of unbranched alkanes of at least 4 members (excludes halogenated alkanes) is 9. The van der Waals surface area contributed by atoms with Crippen molar-refractivity contribution in [3.8, 4) is 0 Å². The maximum absolute atomic E-state index is 12.4. The first-order chi connectivity index (χ1) is 18.0. The first-order valence-corrected chi connectivity index (χ1v) is 14.3. The van der Waals surface area contributed by atoms with Crippen LogP contribution in [0.4, 0.5) is 0 Å². The second-order valence-electron chi connectivity index (χ2n) is 9.26. The molecule has 0 rings (SSSR count). The summed E-state index contributed by atoms with van der Waals surface area (Å²) in [4.78, 5) is 34.4. The second kappa shape index (κ2) is 26.4. The fraction of sp³-hybridized carbons (Fsp3) is 0.645. The van der Waals surface area contributed by atoms with E-state index in [-0.39, 0.29) is 24.5 Å². The van der Waals surface area contributed by atoms with E-state index in [0.29, 0.717) is 12.8 Å². The maximum atomic E-state index is 12.4. The Morgan fingerprint density at radius 3 is 2.08 bits per heavy atom. The molecule has 0 aromatic carbocycles. The van der Waals surface area contributed by atoms with E-state index in [2.05, 4.69) is 43.5 Å². The summed E-state index contributed by atoms with van der Waals surface area (Å²) in [7, 11) is 0. The summed E-state index contributed by atoms with van der Waals surface area (Å²) < 4.78 is 5.70. The molecule has 0 saturated heterocycles. The van der Waals surface area contributed by atoms with Crippen molar-refractivity contribution in [1.29, 1.82) is 0 Å². The van der Waals surface area contributed by atoms with Gasteiger partial charge in [-0.1, -0.05) is 82.4 Å². The molecule has 0 aliphatic rings. The molecule has 0 aliphatic heterocycles. The van der Waals surface area contributed by atoms with E-state index < -0.39 is 5.97 Å². The smallest absolute Gasteiger partial charge is 0.322 e. The zero-order valence-electron chi connectivity index (χ0n) is 23.3. The monoisotopic (exact) mass is 517 g/mol. The van der Waals surface area contributed by atoms with E-state index in [1.807, 2.05) is 24.3 Å². The molecule has 1 atom stereocenters. The van der Waals surface area contributed by atoms with Gasteiger partial charge < -0.3 is 15.2 Å². The van der Waals surface area contributed by atoms with Gasteiger partial charge in [0.05, 0.1) is 0 Å². The van der Waals surface area contributed by atoms with E-state index in [1.54, 1.807) is 0 Å². The van der Waals surface area contributed by atoms with Crippen molar-refractivity contribution >= 4 is 17.8 Å². The zero-order chi connectivity index (χ0) is 27.4. The number of ether oxygens (including phenoxy) is 1. The highest BCUT2D eigenvalue weighted by Gasteiger charge is 2.08. The van der Waals surface area contributed by atoms with Crippen molar-refractivity contribution in [3.63, 3.8) is 0 Å². The predicted molar refractivity (Wildman–Crippen MR) is 152 cm³/mol. The third-order valence-electron chi connectivity index (χ3n) is 5.68. The molecule has 0 aromatic rings. The number of allylic oxidation sites excluding steroid dienone is 6. The minimum Gasteiger partial charge on any atom is -0.480 e. The van der Waals surface area contributed by atoms with Gasteiger partial charge in [-0.3, -0.25) is 14.4 Å². The van der Waals surface area contributed by atoms with Crippen molar-refractivity contribution in [3.05, 3.63) is 48.6 Å². The Morgan fingerprint density at radius 2 is 1.35 bits per heavy atom. The van der Waals surface area contributed by atoms with Crippen LogP contribution in [0.2, 0.25) is 0 Å². The van der Waals surface area contributed by atoms with E-state index in [4.69, 9.17) is 9.84 Å². The number of amides is 1. The van der Waals surface area contributed by atoms with Crippen molar-refractivity contribution < 1.29 is 24.2 Å². The van der Waals surface area contributed by atoms with Gasteiger partial charge >= 0.3 is 11.9 Å². The molecule has 0 spiro atoms. The Morgan fingerprint density at radius 1 is 0.730 bits per heavy atom. The number of nitrogens with one attached hydrogen (secondary N) is 1. The number of aliphatic carboxylic acids is 1. The van der Waals surface area contributed by atoms with Crippen molar-refractivity contribution in [2.24, 2.45) is 0 Å². The Balaban J connectivity index is 4.25. The number of esters is 1. The first-order valence-electron chi connectivity index (χ1n) is 14.3. The van der Waals surface area contributed by atoms with E-state index in [1.165, 1.54) is 25.7 Å². The summed E-state index contributed by atoms with van der Waals surface area (Å²) in [5, 5.41) is 10.9. The molecule has 0 heterocycles. The molecule has 0 saturated carbocycles. The molecule has 6 nitrogen and oxygen atoms in total. The van der Waals surface area contributed by atoms with Gasteiger partial charge in [0.1, 0.15) is 12.6 Å². The normalized spacial score (nSPS) is 12.7. The molecule has 0 fully saturated rings. The van der Waals surface area contributed by atoms with Gasteiger partial charge in [-0.05, 0) is 69.9 Å². The van der Waals surface area contributed by atoms with Crippen LogP contribution in [0, 0.1) is 0 Å². The number of carbonyl (C=O) groups is 3. The molecule has 0 radical (unpaired) electrons. The fourth-order valence-electron chi connectivity index (χ4n) is 3.59. The highest BCUT2D eigenvalue weighted by molar-refractivity contribution is 5.80. The highest BCUT2D eigenvalue weighted by Crippen LogP contribution is 2.11. The van der Waals surface area contributed by atoms with Gasteiger partial charge in [0.2, 0.25) is 5.91 Å². The summed E-state index contributed by atoms with van der Waals surface area (Å²) in [5.74, 6) is -1.42. The Labute approximate surface area is 225 Å². The van der Waals surface area contributed by atoms with Crippen LogP contribution in [0.25, 0.3) is 0 Å². The van der Waals surface area contributed by atoms with Crippen molar-refractivity contribution in [1.82, 2.24) is 5.32 Å². The molecule has 6 heteroatoms. The molecule has 0 aromatic heterocycles. The SMILES string of the molecule is CC/C=C\C/C=C\C(/C=C\CCCCCC(=O)NCC(=O)O)OC(=O)CCCCCCC/C=C\CCC. The minimum atomic E-state index is -1.04. The third-order valence-corrected chi connectivity index (χ3v) is 5.68. The average molecular weight is 518 g/mol. The van der Waals surface area contributed by atoms with Crippen LogP contribution >= 0.6 is 0 Å². The highest BCUT2D eigenvalue weighted by atomic mass is 16.5. The van der Waals surface area contributed by atoms with Gasteiger partial charge in [0, 0.05) is 12.8 Å².